The maximum atomic E-state index is 12.3. The monoisotopic (exact) mass is 288 g/mol. The largest absolute Gasteiger partial charge is 0.465 e. The Balaban J connectivity index is 2.23. The van der Waals surface area contributed by atoms with Gasteiger partial charge in [0.15, 0.2) is 0 Å². The van der Waals surface area contributed by atoms with Crippen LogP contribution in [-0.2, 0) is 14.8 Å². The molecule has 0 bridgehead atoms. The van der Waals surface area contributed by atoms with Crippen molar-refractivity contribution in [2.45, 2.75) is 17.6 Å². The molecular weight excluding hydrogens is 272 g/mol. The Hall–Kier alpha value is -1.38. The van der Waals surface area contributed by atoms with E-state index < -0.39 is 16.0 Å². The second kappa shape index (κ2) is 5.32. The molecule has 0 aromatic carbocycles. The number of likely N-dealkylation sites (N-methyl/N-ethyl adjacent to an activating group) is 1. The van der Waals surface area contributed by atoms with Gasteiger partial charge in [-0.1, -0.05) is 0 Å². The highest BCUT2D eigenvalue weighted by Gasteiger charge is 2.32. The van der Waals surface area contributed by atoms with E-state index in [-0.39, 0.29) is 16.7 Å². The summed E-state index contributed by atoms with van der Waals surface area (Å²) >= 11 is 0. The Labute approximate surface area is 111 Å². The van der Waals surface area contributed by atoms with Crippen LogP contribution in [-0.4, -0.2) is 52.0 Å². The van der Waals surface area contributed by atoms with Gasteiger partial charge in [-0.2, -0.15) is 4.31 Å². The number of hydrogen-bond acceptors (Lipinski definition) is 6. The van der Waals surface area contributed by atoms with Crippen molar-refractivity contribution in [1.29, 1.82) is 0 Å². The van der Waals surface area contributed by atoms with Gasteiger partial charge >= 0.3 is 5.97 Å². The van der Waals surface area contributed by atoms with Crippen molar-refractivity contribution < 1.29 is 22.4 Å². The molecule has 1 unspecified atom stereocenters. The van der Waals surface area contributed by atoms with Crippen molar-refractivity contribution in [2.24, 2.45) is 0 Å². The Bertz CT molecular complexity index is 559. The van der Waals surface area contributed by atoms with E-state index in [1.807, 2.05) is 0 Å². The van der Waals surface area contributed by atoms with Crippen LogP contribution in [0.3, 0.4) is 0 Å². The predicted molar refractivity (Wildman–Crippen MR) is 66.3 cm³/mol. The number of sulfonamides is 1. The number of nitrogens with one attached hydrogen (secondary N) is 1. The molecule has 0 aliphatic carbocycles. The first-order valence-electron chi connectivity index (χ1n) is 5.82. The average Bonchev–Trinajstić information content (AvgIpc) is 3.07. The highest BCUT2D eigenvalue weighted by atomic mass is 32.2. The maximum absolute atomic E-state index is 12.3. The number of carbonyl (C=O) groups excluding carboxylic acids is 1. The van der Waals surface area contributed by atoms with Crippen LogP contribution in [0.5, 0.6) is 0 Å². The van der Waals surface area contributed by atoms with E-state index in [9.17, 15) is 13.2 Å². The normalized spacial score (nSPS) is 19.8. The lowest BCUT2D eigenvalue weighted by atomic mass is 10.3. The van der Waals surface area contributed by atoms with Crippen LogP contribution in [0.15, 0.2) is 21.8 Å². The number of esters is 1. The smallest absolute Gasteiger partial charge is 0.341 e. The summed E-state index contributed by atoms with van der Waals surface area (Å²) in [5.74, 6) is -0.629. The van der Waals surface area contributed by atoms with Gasteiger partial charge in [-0.3, -0.25) is 0 Å². The predicted octanol–water partition coefficient (Wildman–Crippen LogP) is 0.0486. The number of nitrogens with zero attached hydrogens (tertiary/aromatic N) is 1. The fraction of sp³-hybridized carbons (Fsp3) is 0.545. The molecule has 1 aromatic heterocycles. The topological polar surface area (TPSA) is 88.8 Å². The lowest BCUT2D eigenvalue weighted by molar-refractivity contribution is 0.0600. The number of hydrogen-bond donors (Lipinski definition) is 1. The molecule has 1 saturated heterocycles. The molecule has 8 heteroatoms. The molecule has 2 rings (SSSR count). The molecule has 2 heterocycles. The minimum Gasteiger partial charge on any atom is -0.465 e. The maximum Gasteiger partial charge on any atom is 0.341 e. The number of rotatable bonds is 4. The van der Waals surface area contributed by atoms with E-state index in [1.54, 1.807) is 0 Å². The summed E-state index contributed by atoms with van der Waals surface area (Å²) in [4.78, 5) is 11.3. The third-order valence-electron chi connectivity index (χ3n) is 3.18. The van der Waals surface area contributed by atoms with Crippen LogP contribution in [0.1, 0.15) is 16.8 Å². The van der Waals surface area contributed by atoms with Crippen LogP contribution in [0.4, 0.5) is 0 Å². The molecule has 1 N–H and O–H groups in total. The van der Waals surface area contributed by atoms with Gasteiger partial charge in [0.2, 0.25) is 5.09 Å². The molecule has 0 radical (unpaired) electrons. The van der Waals surface area contributed by atoms with E-state index >= 15 is 0 Å². The lowest BCUT2D eigenvalue weighted by Crippen LogP contribution is -2.38. The first-order chi connectivity index (χ1) is 8.96. The van der Waals surface area contributed by atoms with Gasteiger partial charge < -0.3 is 14.5 Å². The molecule has 1 aromatic rings. The molecular formula is C11H16N2O5S. The summed E-state index contributed by atoms with van der Waals surface area (Å²) in [6, 6.07) is 1.08. The number of furan rings is 1. The van der Waals surface area contributed by atoms with Gasteiger partial charge in [-0.15, -0.1) is 0 Å². The van der Waals surface area contributed by atoms with E-state index in [1.165, 1.54) is 24.5 Å². The standard InChI is InChI=1S/C11H16N2O5S/c1-13(9-3-4-12-6-9)19(15,16)10-5-8(7-18-10)11(14)17-2/h5,7,9,12H,3-4,6H2,1-2H3. The quantitative estimate of drug-likeness (QED) is 0.787. The van der Waals surface area contributed by atoms with Crippen LogP contribution >= 0.6 is 0 Å². The fourth-order valence-electron chi connectivity index (χ4n) is 1.96. The Morgan fingerprint density at radius 2 is 2.32 bits per heavy atom. The summed E-state index contributed by atoms with van der Waals surface area (Å²) in [6.07, 6.45) is 1.83. The van der Waals surface area contributed by atoms with E-state index in [4.69, 9.17) is 4.42 Å². The zero-order valence-corrected chi connectivity index (χ0v) is 11.6. The third-order valence-corrected chi connectivity index (χ3v) is 4.96. The molecule has 0 saturated carbocycles. The Morgan fingerprint density at radius 3 is 2.89 bits per heavy atom. The zero-order valence-electron chi connectivity index (χ0n) is 10.8. The zero-order chi connectivity index (χ0) is 14.0. The SMILES string of the molecule is COC(=O)c1coc(S(=O)(=O)N(C)C2CCNC2)c1. The Morgan fingerprint density at radius 1 is 1.58 bits per heavy atom. The number of ether oxygens (including phenoxy) is 1. The highest BCUT2D eigenvalue weighted by Crippen LogP contribution is 2.21. The average molecular weight is 288 g/mol. The van der Waals surface area contributed by atoms with Crippen LogP contribution in [0, 0.1) is 0 Å². The highest BCUT2D eigenvalue weighted by molar-refractivity contribution is 7.89. The molecule has 106 valence electrons. The van der Waals surface area contributed by atoms with Gasteiger partial charge in [0.1, 0.15) is 6.26 Å². The summed E-state index contributed by atoms with van der Waals surface area (Å²) in [7, 11) is -0.995. The van der Waals surface area contributed by atoms with Crippen LogP contribution < -0.4 is 5.32 Å². The summed E-state index contributed by atoms with van der Waals surface area (Å²) in [6.45, 7) is 1.40. The van der Waals surface area contributed by atoms with Crippen molar-refractivity contribution in [3.8, 4) is 0 Å². The second-order valence-electron chi connectivity index (χ2n) is 4.31. The van der Waals surface area contributed by atoms with Gasteiger partial charge in [-0.25, -0.2) is 13.2 Å². The minimum absolute atomic E-state index is 0.0824. The van der Waals surface area contributed by atoms with Gasteiger partial charge in [0.05, 0.1) is 12.7 Å². The summed E-state index contributed by atoms with van der Waals surface area (Å²) in [5.41, 5.74) is 0.0824. The Kier molecular flexibility index (Phi) is 3.93. The summed E-state index contributed by atoms with van der Waals surface area (Å²) in [5, 5.41) is 2.85. The summed E-state index contributed by atoms with van der Waals surface area (Å²) < 4.78 is 35.3. The fourth-order valence-corrected chi connectivity index (χ4v) is 3.27. The first kappa shape index (κ1) is 14.0. The van der Waals surface area contributed by atoms with Crippen molar-refractivity contribution in [1.82, 2.24) is 9.62 Å². The molecule has 1 atom stereocenters. The number of methoxy groups -OCH3 is 1. The molecule has 1 aliphatic heterocycles. The van der Waals surface area contributed by atoms with Crippen LogP contribution in [0.25, 0.3) is 0 Å². The van der Waals surface area contributed by atoms with E-state index in [2.05, 4.69) is 10.1 Å². The third kappa shape index (κ3) is 2.65. The first-order valence-corrected chi connectivity index (χ1v) is 7.26. The van der Waals surface area contributed by atoms with E-state index in [0.717, 1.165) is 19.2 Å². The number of carbonyl (C=O) groups is 1. The molecule has 0 amide bonds. The van der Waals surface area contributed by atoms with Crippen molar-refractivity contribution in [3.05, 3.63) is 17.9 Å². The van der Waals surface area contributed by atoms with Crippen LogP contribution in [0.2, 0.25) is 0 Å². The second-order valence-corrected chi connectivity index (χ2v) is 6.24. The van der Waals surface area contributed by atoms with Gasteiger partial charge in [0.25, 0.3) is 10.0 Å². The van der Waals surface area contributed by atoms with Crippen molar-refractivity contribution in [3.63, 3.8) is 0 Å². The van der Waals surface area contributed by atoms with E-state index in [0.29, 0.717) is 6.54 Å². The molecule has 1 aliphatic rings. The van der Waals surface area contributed by atoms with Crippen molar-refractivity contribution >= 4 is 16.0 Å². The molecule has 0 spiro atoms. The molecule has 1 fully saturated rings. The van der Waals surface area contributed by atoms with Crippen molar-refractivity contribution in [2.75, 3.05) is 27.2 Å². The molecule has 7 nitrogen and oxygen atoms in total. The van der Waals surface area contributed by atoms with Gasteiger partial charge in [0, 0.05) is 25.7 Å². The minimum atomic E-state index is -3.72. The lowest BCUT2D eigenvalue weighted by Gasteiger charge is -2.21. The van der Waals surface area contributed by atoms with Gasteiger partial charge in [-0.05, 0) is 13.0 Å². The molecule has 19 heavy (non-hydrogen) atoms.